The predicted molar refractivity (Wildman–Crippen MR) is 111 cm³/mol. The highest BCUT2D eigenvalue weighted by Crippen LogP contribution is 2.20. The molecule has 1 amide bonds. The van der Waals surface area contributed by atoms with E-state index in [0.29, 0.717) is 22.6 Å². The van der Waals surface area contributed by atoms with Crippen LogP contribution in [0.2, 0.25) is 0 Å². The zero-order valence-corrected chi connectivity index (χ0v) is 15.2. The summed E-state index contributed by atoms with van der Waals surface area (Å²) in [5.74, 6) is 0.216. The summed E-state index contributed by atoms with van der Waals surface area (Å²) in [6.07, 6.45) is 1.72. The summed E-state index contributed by atoms with van der Waals surface area (Å²) in [5, 5.41) is 13.8. The maximum Gasteiger partial charge on any atom is 0.269 e. The highest BCUT2D eigenvalue weighted by atomic mass is 16.6. The summed E-state index contributed by atoms with van der Waals surface area (Å²) in [7, 11) is 0. The van der Waals surface area contributed by atoms with Crippen molar-refractivity contribution in [3.8, 4) is 0 Å². The summed E-state index contributed by atoms with van der Waals surface area (Å²) >= 11 is 0. The number of imidazole rings is 1. The Kier molecular flexibility index (Phi) is 4.86. The maximum absolute atomic E-state index is 12.7. The monoisotopic (exact) mass is 384 g/mol. The molecule has 29 heavy (non-hydrogen) atoms. The number of hydrogen-bond acceptors (Lipinski definition) is 4. The molecular formula is C22H16N4O3. The number of fused-ring (bicyclic) bond motifs is 1. The fourth-order valence-electron chi connectivity index (χ4n) is 2.89. The Hall–Kier alpha value is -4.26. The standard InChI is InChI=1S/C22H16N4O3/c27-22(16-6-2-1-3-7-16)25-20(14-15-10-12-17(13-11-15)26(28)29)21-23-18-8-4-5-9-19(18)24-21/h1-14H,(H,23,24)(H,25,27)/b20-14+. The van der Waals surface area contributed by atoms with Crippen molar-refractivity contribution in [2.75, 3.05) is 0 Å². The molecule has 7 nitrogen and oxygen atoms in total. The predicted octanol–water partition coefficient (Wildman–Crippen LogP) is 4.40. The van der Waals surface area contributed by atoms with Gasteiger partial charge in [0.05, 0.1) is 21.7 Å². The Morgan fingerprint density at radius 2 is 1.66 bits per heavy atom. The Morgan fingerprint density at radius 3 is 2.34 bits per heavy atom. The number of hydrogen-bond donors (Lipinski definition) is 2. The van der Waals surface area contributed by atoms with Gasteiger partial charge in [-0.05, 0) is 48.0 Å². The van der Waals surface area contributed by atoms with Crippen LogP contribution in [0.3, 0.4) is 0 Å². The van der Waals surface area contributed by atoms with Crippen molar-refractivity contribution in [2.24, 2.45) is 0 Å². The minimum atomic E-state index is -0.454. The van der Waals surface area contributed by atoms with E-state index >= 15 is 0 Å². The van der Waals surface area contributed by atoms with Gasteiger partial charge in [-0.25, -0.2) is 4.98 Å². The number of para-hydroxylation sites is 2. The normalized spacial score (nSPS) is 11.4. The van der Waals surface area contributed by atoms with Crippen LogP contribution >= 0.6 is 0 Å². The molecule has 0 aliphatic rings. The SMILES string of the molecule is O=C(N/C(=C/c1ccc([N+](=O)[O-])cc1)c1nc2ccccc2[nH]1)c1ccccc1. The third kappa shape index (κ3) is 4.03. The molecule has 0 aliphatic carbocycles. The van der Waals surface area contributed by atoms with Crippen LogP contribution < -0.4 is 5.32 Å². The zero-order chi connectivity index (χ0) is 20.2. The van der Waals surface area contributed by atoms with Crippen LogP contribution in [0.25, 0.3) is 22.8 Å². The fourth-order valence-corrected chi connectivity index (χ4v) is 2.89. The van der Waals surface area contributed by atoms with Crippen LogP contribution in [-0.4, -0.2) is 20.8 Å². The van der Waals surface area contributed by atoms with Gasteiger partial charge in [-0.1, -0.05) is 30.3 Å². The zero-order valence-electron chi connectivity index (χ0n) is 15.2. The lowest BCUT2D eigenvalue weighted by molar-refractivity contribution is -0.384. The van der Waals surface area contributed by atoms with E-state index in [4.69, 9.17) is 0 Å². The van der Waals surface area contributed by atoms with Gasteiger partial charge in [-0.15, -0.1) is 0 Å². The largest absolute Gasteiger partial charge is 0.337 e. The molecule has 0 unspecified atom stereocenters. The first-order valence-electron chi connectivity index (χ1n) is 8.88. The Morgan fingerprint density at radius 1 is 0.966 bits per heavy atom. The third-order valence-electron chi connectivity index (χ3n) is 4.34. The number of aromatic amines is 1. The number of nitrogens with one attached hydrogen (secondary N) is 2. The van der Waals surface area contributed by atoms with Crippen molar-refractivity contribution in [1.29, 1.82) is 0 Å². The molecule has 0 radical (unpaired) electrons. The number of nitro benzene ring substituents is 1. The van der Waals surface area contributed by atoms with E-state index in [2.05, 4.69) is 15.3 Å². The summed E-state index contributed by atoms with van der Waals surface area (Å²) < 4.78 is 0. The molecule has 0 atom stereocenters. The first-order chi connectivity index (χ1) is 14.1. The van der Waals surface area contributed by atoms with Gasteiger partial charge in [0.1, 0.15) is 0 Å². The Bertz CT molecular complexity index is 1180. The van der Waals surface area contributed by atoms with Gasteiger partial charge >= 0.3 is 0 Å². The van der Waals surface area contributed by atoms with E-state index in [-0.39, 0.29) is 11.6 Å². The van der Waals surface area contributed by atoms with Gasteiger partial charge in [0.2, 0.25) is 0 Å². The van der Waals surface area contributed by atoms with Crippen LogP contribution in [0.1, 0.15) is 21.7 Å². The number of nitro groups is 1. The molecular weight excluding hydrogens is 368 g/mol. The number of rotatable bonds is 5. The second-order valence-corrected chi connectivity index (χ2v) is 6.33. The molecule has 3 aromatic carbocycles. The van der Waals surface area contributed by atoms with E-state index in [1.807, 2.05) is 30.3 Å². The van der Waals surface area contributed by atoms with Crippen molar-refractivity contribution in [2.45, 2.75) is 0 Å². The molecule has 0 bridgehead atoms. The molecule has 1 heterocycles. The van der Waals surface area contributed by atoms with Crippen molar-refractivity contribution in [1.82, 2.24) is 15.3 Å². The summed E-state index contributed by atoms with van der Waals surface area (Å²) in [4.78, 5) is 30.9. The second-order valence-electron chi connectivity index (χ2n) is 6.33. The molecule has 4 aromatic rings. The minimum Gasteiger partial charge on any atom is -0.337 e. The van der Waals surface area contributed by atoms with Crippen LogP contribution in [0.5, 0.6) is 0 Å². The molecule has 1 aromatic heterocycles. The lowest BCUT2D eigenvalue weighted by Gasteiger charge is -2.08. The smallest absolute Gasteiger partial charge is 0.269 e. The van der Waals surface area contributed by atoms with Gasteiger partial charge in [-0.2, -0.15) is 0 Å². The molecule has 2 N–H and O–H groups in total. The lowest BCUT2D eigenvalue weighted by atomic mass is 10.1. The molecule has 0 fully saturated rings. The Balaban J connectivity index is 1.73. The minimum absolute atomic E-state index is 0.000702. The number of aromatic nitrogens is 2. The highest BCUT2D eigenvalue weighted by Gasteiger charge is 2.13. The van der Waals surface area contributed by atoms with Crippen molar-refractivity contribution in [3.05, 3.63) is 106 Å². The number of H-pyrrole nitrogens is 1. The molecule has 0 saturated heterocycles. The van der Waals surface area contributed by atoms with Gasteiger partial charge in [0.25, 0.3) is 11.6 Å². The van der Waals surface area contributed by atoms with Crippen LogP contribution in [-0.2, 0) is 0 Å². The average molecular weight is 384 g/mol. The van der Waals surface area contributed by atoms with Gasteiger partial charge in [0.15, 0.2) is 5.82 Å². The van der Waals surface area contributed by atoms with Gasteiger partial charge < -0.3 is 10.3 Å². The summed E-state index contributed by atoms with van der Waals surface area (Å²) in [6.45, 7) is 0. The molecule has 7 heteroatoms. The fraction of sp³-hybridized carbons (Fsp3) is 0. The van der Waals surface area contributed by atoms with E-state index in [1.54, 1.807) is 42.5 Å². The van der Waals surface area contributed by atoms with Crippen LogP contribution in [0, 0.1) is 10.1 Å². The first kappa shape index (κ1) is 18.1. The number of carbonyl (C=O) groups excluding carboxylic acids is 1. The molecule has 4 rings (SSSR count). The average Bonchev–Trinajstić information content (AvgIpc) is 3.18. The summed E-state index contributed by atoms with van der Waals surface area (Å²) in [6, 6.07) is 22.5. The maximum atomic E-state index is 12.7. The van der Waals surface area contributed by atoms with Crippen LogP contribution in [0.4, 0.5) is 5.69 Å². The molecule has 0 aliphatic heterocycles. The molecule has 0 saturated carbocycles. The number of carbonyl (C=O) groups is 1. The number of amides is 1. The quantitative estimate of drug-likeness (QED) is 0.393. The molecule has 142 valence electrons. The van der Waals surface area contributed by atoms with E-state index < -0.39 is 4.92 Å². The number of non-ortho nitro benzene ring substituents is 1. The summed E-state index contributed by atoms with van der Waals surface area (Å²) in [5.41, 5.74) is 3.28. The van der Waals surface area contributed by atoms with Crippen molar-refractivity contribution >= 4 is 34.4 Å². The third-order valence-corrected chi connectivity index (χ3v) is 4.34. The van der Waals surface area contributed by atoms with E-state index in [1.165, 1.54) is 12.1 Å². The van der Waals surface area contributed by atoms with Gasteiger partial charge in [0, 0.05) is 17.7 Å². The van der Waals surface area contributed by atoms with Gasteiger partial charge in [-0.3, -0.25) is 14.9 Å². The number of nitrogens with zero attached hydrogens (tertiary/aromatic N) is 2. The number of benzene rings is 3. The second kappa shape index (κ2) is 7.77. The Labute approximate surface area is 165 Å². The lowest BCUT2D eigenvalue weighted by Crippen LogP contribution is -2.22. The van der Waals surface area contributed by atoms with E-state index in [9.17, 15) is 14.9 Å². The highest BCUT2D eigenvalue weighted by molar-refractivity contribution is 6.01. The first-order valence-corrected chi connectivity index (χ1v) is 8.88. The van der Waals surface area contributed by atoms with Crippen molar-refractivity contribution in [3.63, 3.8) is 0 Å². The topological polar surface area (TPSA) is 101 Å². The van der Waals surface area contributed by atoms with Crippen molar-refractivity contribution < 1.29 is 9.72 Å². The van der Waals surface area contributed by atoms with E-state index in [0.717, 1.165) is 11.0 Å². The molecule has 0 spiro atoms. The van der Waals surface area contributed by atoms with Crippen LogP contribution in [0.15, 0.2) is 78.9 Å².